The highest BCUT2D eigenvalue weighted by atomic mass is 32.2. The number of ether oxygens (including phenoxy) is 1. The van der Waals surface area contributed by atoms with E-state index in [0.717, 1.165) is 12.8 Å². The lowest BCUT2D eigenvalue weighted by atomic mass is 10.00. The van der Waals surface area contributed by atoms with Crippen molar-refractivity contribution >= 4 is 15.9 Å². The summed E-state index contributed by atoms with van der Waals surface area (Å²) in [7, 11) is -3.69. The Hall–Kier alpha value is -1.96. The first-order valence-electron chi connectivity index (χ1n) is 9.13. The Bertz CT molecular complexity index is 859. The SMILES string of the molecule is Cc1nn(CC(=O)NC2(C#N)CCCC2)c(C)c1S(=O)(=O)N1CCOCC1. The largest absolute Gasteiger partial charge is 0.379 e. The van der Waals surface area contributed by atoms with Crippen molar-refractivity contribution in [3.8, 4) is 6.07 Å². The van der Waals surface area contributed by atoms with Gasteiger partial charge in [0.15, 0.2) is 0 Å². The Morgan fingerprint density at radius 2 is 1.93 bits per heavy atom. The molecule has 2 aliphatic rings. The molecule has 3 rings (SSSR count). The second kappa shape index (κ2) is 7.58. The molecular formula is C17H25N5O4S. The van der Waals surface area contributed by atoms with Gasteiger partial charge in [-0.15, -0.1) is 0 Å². The Morgan fingerprint density at radius 3 is 2.52 bits per heavy atom. The lowest BCUT2D eigenvalue weighted by Crippen LogP contribution is -2.46. The van der Waals surface area contributed by atoms with E-state index >= 15 is 0 Å². The molecule has 1 amide bonds. The van der Waals surface area contributed by atoms with Gasteiger partial charge in [-0.2, -0.15) is 14.7 Å². The van der Waals surface area contributed by atoms with Crippen molar-refractivity contribution in [2.24, 2.45) is 0 Å². The molecule has 148 valence electrons. The third-order valence-electron chi connectivity index (χ3n) is 5.23. The molecule has 1 saturated carbocycles. The number of rotatable bonds is 5. The van der Waals surface area contributed by atoms with Crippen molar-refractivity contribution in [2.75, 3.05) is 26.3 Å². The maximum absolute atomic E-state index is 13.0. The molecular weight excluding hydrogens is 370 g/mol. The molecule has 10 heteroatoms. The summed E-state index contributed by atoms with van der Waals surface area (Å²) in [6.45, 7) is 4.50. The van der Waals surface area contributed by atoms with Gasteiger partial charge in [-0.05, 0) is 39.5 Å². The molecule has 2 fully saturated rings. The predicted molar refractivity (Wildman–Crippen MR) is 96.2 cm³/mol. The lowest BCUT2D eigenvalue weighted by molar-refractivity contribution is -0.123. The third kappa shape index (κ3) is 3.85. The molecule has 0 radical (unpaired) electrons. The molecule has 1 aromatic heterocycles. The fourth-order valence-electron chi connectivity index (χ4n) is 3.81. The van der Waals surface area contributed by atoms with Crippen LogP contribution in [0.1, 0.15) is 37.1 Å². The second-order valence-electron chi connectivity index (χ2n) is 7.12. The van der Waals surface area contributed by atoms with E-state index in [1.54, 1.807) is 13.8 Å². The first-order valence-corrected chi connectivity index (χ1v) is 10.6. The zero-order valence-corrected chi connectivity index (χ0v) is 16.5. The van der Waals surface area contributed by atoms with Gasteiger partial charge in [-0.1, -0.05) is 0 Å². The summed E-state index contributed by atoms with van der Waals surface area (Å²) in [6, 6.07) is 2.22. The van der Waals surface area contributed by atoms with Crippen LogP contribution in [0.15, 0.2) is 4.90 Å². The molecule has 1 aromatic rings. The smallest absolute Gasteiger partial charge is 0.246 e. The summed E-state index contributed by atoms with van der Waals surface area (Å²) in [5, 5.41) is 16.5. The van der Waals surface area contributed by atoms with Crippen molar-refractivity contribution in [3.05, 3.63) is 11.4 Å². The van der Waals surface area contributed by atoms with E-state index in [-0.39, 0.29) is 17.3 Å². The number of hydrogen-bond acceptors (Lipinski definition) is 6. The molecule has 0 unspecified atom stereocenters. The molecule has 0 atom stereocenters. The first kappa shape index (κ1) is 19.8. The van der Waals surface area contributed by atoms with Crippen LogP contribution >= 0.6 is 0 Å². The summed E-state index contributed by atoms with van der Waals surface area (Å²) >= 11 is 0. The second-order valence-corrected chi connectivity index (χ2v) is 9.00. The number of aromatic nitrogens is 2. The number of carbonyl (C=O) groups excluding carboxylic acids is 1. The Balaban J connectivity index is 1.79. The highest BCUT2D eigenvalue weighted by Crippen LogP contribution is 2.29. The van der Waals surface area contributed by atoms with Crippen molar-refractivity contribution in [1.29, 1.82) is 5.26 Å². The van der Waals surface area contributed by atoms with E-state index in [1.165, 1.54) is 8.99 Å². The van der Waals surface area contributed by atoms with Crippen LogP contribution in [-0.4, -0.2) is 60.3 Å². The van der Waals surface area contributed by atoms with Gasteiger partial charge in [0.2, 0.25) is 15.9 Å². The van der Waals surface area contributed by atoms with Crippen LogP contribution in [-0.2, 0) is 26.1 Å². The summed E-state index contributed by atoms with van der Waals surface area (Å²) in [4.78, 5) is 12.6. The number of nitriles is 1. The molecule has 1 N–H and O–H groups in total. The fraction of sp³-hybridized carbons (Fsp3) is 0.706. The zero-order chi connectivity index (χ0) is 19.7. The summed E-state index contributed by atoms with van der Waals surface area (Å²) in [5.41, 5.74) is -0.0233. The summed E-state index contributed by atoms with van der Waals surface area (Å²) < 4.78 is 34.0. The minimum absolute atomic E-state index is 0.116. The quantitative estimate of drug-likeness (QED) is 0.775. The lowest BCUT2D eigenvalue weighted by Gasteiger charge is -2.26. The van der Waals surface area contributed by atoms with Crippen LogP contribution in [0.2, 0.25) is 0 Å². The minimum Gasteiger partial charge on any atom is -0.379 e. The molecule has 1 saturated heterocycles. The van der Waals surface area contributed by atoms with E-state index in [1.807, 2.05) is 0 Å². The van der Waals surface area contributed by atoms with Crippen molar-refractivity contribution < 1.29 is 17.9 Å². The topological polar surface area (TPSA) is 117 Å². The molecule has 2 heterocycles. The molecule has 0 spiro atoms. The normalized spacial score (nSPS) is 20.3. The van der Waals surface area contributed by atoms with Gasteiger partial charge >= 0.3 is 0 Å². The Morgan fingerprint density at radius 1 is 1.30 bits per heavy atom. The average molecular weight is 395 g/mol. The Kier molecular flexibility index (Phi) is 5.55. The molecule has 0 aromatic carbocycles. The maximum Gasteiger partial charge on any atom is 0.246 e. The van der Waals surface area contributed by atoms with Crippen LogP contribution in [0.3, 0.4) is 0 Å². The van der Waals surface area contributed by atoms with E-state index in [2.05, 4.69) is 16.5 Å². The van der Waals surface area contributed by atoms with Crippen LogP contribution in [0.25, 0.3) is 0 Å². The number of aryl methyl sites for hydroxylation is 1. The van der Waals surface area contributed by atoms with E-state index in [0.29, 0.717) is 50.5 Å². The minimum atomic E-state index is -3.69. The van der Waals surface area contributed by atoms with E-state index in [9.17, 15) is 18.5 Å². The number of hydrogen-bond donors (Lipinski definition) is 1. The zero-order valence-electron chi connectivity index (χ0n) is 15.7. The van der Waals surface area contributed by atoms with Gasteiger partial charge in [0.1, 0.15) is 17.0 Å². The van der Waals surface area contributed by atoms with Gasteiger partial charge in [0.25, 0.3) is 0 Å². The molecule has 1 aliphatic carbocycles. The summed E-state index contributed by atoms with van der Waals surface area (Å²) in [6.07, 6.45) is 3.11. The number of morpholine rings is 1. The van der Waals surface area contributed by atoms with E-state index in [4.69, 9.17) is 4.74 Å². The predicted octanol–water partition coefficient (Wildman–Crippen LogP) is 0.473. The van der Waals surface area contributed by atoms with Gasteiger partial charge < -0.3 is 10.1 Å². The van der Waals surface area contributed by atoms with Crippen LogP contribution in [0.4, 0.5) is 0 Å². The van der Waals surface area contributed by atoms with Crippen molar-refractivity contribution in [1.82, 2.24) is 19.4 Å². The van der Waals surface area contributed by atoms with Crippen molar-refractivity contribution in [2.45, 2.75) is 56.5 Å². The summed E-state index contributed by atoms with van der Waals surface area (Å²) in [5.74, 6) is -0.334. The Labute approximate surface area is 159 Å². The standard InChI is InChI=1S/C17H25N5O4S/c1-13-16(27(24,25)21-7-9-26-10-8-21)14(2)22(20-13)11-15(23)19-17(12-18)5-3-4-6-17/h3-11H2,1-2H3,(H,19,23). The van der Waals surface area contributed by atoms with Gasteiger partial charge in [-0.25, -0.2) is 8.42 Å². The van der Waals surface area contributed by atoms with Crippen molar-refractivity contribution in [3.63, 3.8) is 0 Å². The molecule has 9 nitrogen and oxygen atoms in total. The number of carbonyl (C=O) groups is 1. The highest BCUT2D eigenvalue weighted by Gasteiger charge is 2.36. The van der Waals surface area contributed by atoms with Crippen LogP contribution < -0.4 is 5.32 Å². The van der Waals surface area contributed by atoms with Crippen LogP contribution in [0.5, 0.6) is 0 Å². The highest BCUT2D eigenvalue weighted by molar-refractivity contribution is 7.89. The molecule has 27 heavy (non-hydrogen) atoms. The first-order chi connectivity index (χ1) is 12.8. The van der Waals surface area contributed by atoms with Gasteiger partial charge in [-0.3, -0.25) is 9.48 Å². The maximum atomic E-state index is 13.0. The average Bonchev–Trinajstić information content (AvgIpc) is 3.21. The number of nitrogens with zero attached hydrogens (tertiary/aromatic N) is 4. The molecule has 1 aliphatic heterocycles. The molecule has 0 bridgehead atoms. The van der Waals surface area contributed by atoms with Gasteiger partial charge in [0.05, 0.1) is 30.7 Å². The fourth-order valence-corrected chi connectivity index (χ4v) is 5.59. The van der Waals surface area contributed by atoms with E-state index < -0.39 is 15.6 Å². The third-order valence-corrected chi connectivity index (χ3v) is 7.38. The monoisotopic (exact) mass is 395 g/mol. The number of nitrogens with one attached hydrogen (secondary N) is 1. The number of amides is 1. The number of sulfonamides is 1. The van der Waals surface area contributed by atoms with Crippen LogP contribution in [0, 0.1) is 25.2 Å². The van der Waals surface area contributed by atoms with Gasteiger partial charge in [0, 0.05) is 13.1 Å².